The second kappa shape index (κ2) is 12.2. The van der Waals surface area contributed by atoms with Crippen LogP contribution in [-0.4, -0.2) is 4.40 Å². The monoisotopic (exact) mass is 769 g/mol. The highest BCUT2D eigenvalue weighted by Gasteiger charge is 2.18. The molecule has 274 valence electrons. The van der Waals surface area contributed by atoms with E-state index in [1.54, 1.807) is 0 Å². The highest BCUT2D eigenvalue weighted by atomic mass is 32.1. The average molecular weight is 770 g/mol. The lowest BCUT2D eigenvalue weighted by atomic mass is 9.98. The molecular formula is C55H31NO2S. The van der Waals surface area contributed by atoms with Crippen molar-refractivity contribution in [1.82, 2.24) is 4.40 Å². The minimum absolute atomic E-state index is 0.00118. The van der Waals surface area contributed by atoms with Gasteiger partial charge in [0.05, 0.1) is 27.3 Å². The van der Waals surface area contributed by atoms with E-state index >= 15 is 0 Å². The fourth-order valence-electron chi connectivity index (χ4n) is 9.44. The first kappa shape index (κ1) is 32.5. The first-order valence-electron chi connectivity index (χ1n) is 19.9. The fraction of sp³-hybridized carbons (Fsp3) is 0. The number of rotatable bonds is 4. The summed E-state index contributed by atoms with van der Waals surface area (Å²) in [6.45, 7) is 0. The minimum atomic E-state index is 0.00118. The van der Waals surface area contributed by atoms with Crippen LogP contribution in [0.5, 0.6) is 0 Å². The number of nitrogens with zero attached hydrogens (tertiary/aromatic N) is 1. The van der Waals surface area contributed by atoms with Crippen LogP contribution in [0.1, 0.15) is 0 Å². The van der Waals surface area contributed by atoms with Crippen molar-refractivity contribution in [3.8, 4) is 44.5 Å². The van der Waals surface area contributed by atoms with E-state index in [0.717, 1.165) is 16.7 Å². The fourth-order valence-corrected chi connectivity index (χ4v) is 10.6. The normalized spacial score (nSPS) is 12.1. The van der Waals surface area contributed by atoms with Crippen LogP contribution in [0.2, 0.25) is 0 Å². The van der Waals surface area contributed by atoms with Crippen molar-refractivity contribution in [2.24, 2.45) is 0 Å². The topological polar surface area (TPSA) is 34.6 Å². The van der Waals surface area contributed by atoms with Gasteiger partial charge >= 0.3 is 0 Å². The van der Waals surface area contributed by atoms with E-state index in [9.17, 15) is 4.79 Å². The molecule has 0 fully saturated rings. The van der Waals surface area contributed by atoms with Crippen molar-refractivity contribution < 1.29 is 4.42 Å². The van der Waals surface area contributed by atoms with Gasteiger partial charge in [0, 0.05) is 41.7 Å². The van der Waals surface area contributed by atoms with Gasteiger partial charge in [-0.3, -0.25) is 4.79 Å². The van der Waals surface area contributed by atoms with Gasteiger partial charge in [-0.2, -0.15) is 0 Å². The van der Waals surface area contributed by atoms with Crippen molar-refractivity contribution in [3.05, 3.63) is 198 Å². The Bertz CT molecular complexity index is 3910. The Kier molecular flexibility index (Phi) is 6.75. The zero-order valence-electron chi connectivity index (χ0n) is 31.6. The van der Waals surface area contributed by atoms with Crippen LogP contribution in [0.4, 0.5) is 0 Å². The first-order valence-corrected chi connectivity index (χ1v) is 20.8. The molecule has 0 amide bonds. The zero-order valence-corrected chi connectivity index (χ0v) is 32.4. The molecule has 0 radical (unpaired) electrons. The summed E-state index contributed by atoms with van der Waals surface area (Å²) in [5, 5.41) is 8.99. The summed E-state index contributed by atoms with van der Waals surface area (Å²) < 4.78 is 11.1. The van der Waals surface area contributed by atoms with Crippen LogP contribution in [-0.2, 0) is 0 Å². The maximum Gasteiger partial charge on any atom is 0.200 e. The third kappa shape index (κ3) is 4.84. The maximum absolute atomic E-state index is 13.1. The SMILES string of the molecule is O=c1c2ccccc2oc2cc(-c3ccc(-c4ccc5c(c4)sc4cc(-c6ccc(-c7ccc8c9cccc%10c%11ccccc%11n(c8c7)c%109)cc6)ccc45)cc3)ccc12. The minimum Gasteiger partial charge on any atom is -0.456 e. The Balaban J connectivity index is 0.797. The number of hydrogen-bond donors (Lipinski definition) is 0. The molecule has 0 bridgehead atoms. The van der Waals surface area contributed by atoms with E-state index in [0.29, 0.717) is 21.9 Å². The molecule has 0 spiro atoms. The van der Waals surface area contributed by atoms with Crippen molar-refractivity contribution in [2.75, 3.05) is 0 Å². The van der Waals surface area contributed by atoms with Gasteiger partial charge in [-0.1, -0.05) is 140 Å². The number of hydrogen-bond acceptors (Lipinski definition) is 3. The van der Waals surface area contributed by atoms with Crippen LogP contribution in [0.3, 0.4) is 0 Å². The Morgan fingerprint density at radius 1 is 0.339 bits per heavy atom. The second-order valence-corrected chi connectivity index (χ2v) is 16.7. The molecule has 4 aromatic heterocycles. The molecule has 0 atom stereocenters. The third-order valence-corrected chi connectivity index (χ3v) is 13.5. The summed E-state index contributed by atoms with van der Waals surface area (Å²) in [5.74, 6) is 0. The standard InChI is InChI=1S/C55H31NO2S/c57-55-46-7-2-4-11-50(46)58-51-29-37(23-27-47(51)55)33-14-18-35(19-15-33)39-22-26-43-42-25-21-38(30-52(42)59-53(43)31-39)34-16-12-32(13-17-34)36-20-24-41-45-9-5-8-44-40-6-1-3-10-48(40)56(54(44)45)49(41)28-36/h1-31H. The summed E-state index contributed by atoms with van der Waals surface area (Å²) >= 11 is 1.85. The summed E-state index contributed by atoms with van der Waals surface area (Å²) in [6, 6.07) is 67.0. The summed E-state index contributed by atoms with van der Waals surface area (Å²) in [4.78, 5) is 13.1. The maximum atomic E-state index is 13.1. The smallest absolute Gasteiger partial charge is 0.200 e. The summed E-state index contributed by atoms with van der Waals surface area (Å²) in [7, 11) is 0. The highest BCUT2D eigenvalue weighted by molar-refractivity contribution is 7.25. The van der Waals surface area contributed by atoms with E-state index in [4.69, 9.17) is 4.42 Å². The van der Waals surface area contributed by atoms with E-state index < -0.39 is 0 Å². The quantitative estimate of drug-likeness (QED) is 0.167. The molecule has 0 unspecified atom stereocenters. The van der Waals surface area contributed by atoms with E-state index in [-0.39, 0.29) is 5.43 Å². The molecule has 59 heavy (non-hydrogen) atoms. The molecular weight excluding hydrogens is 739 g/mol. The van der Waals surface area contributed by atoms with Gasteiger partial charge in [0.25, 0.3) is 0 Å². The third-order valence-electron chi connectivity index (χ3n) is 12.4. The van der Waals surface area contributed by atoms with Gasteiger partial charge in [0.15, 0.2) is 0 Å². The number of fused-ring (bicyclic) bond motifs is 11. The Morgan fingerprint density at radius 2 is 0.780 bits per heavy atom. The highest BCUT2D eigenvalue weighted by Crippen LogP contribution is 2.42. The molecule has 9 aromatic carbocycles. The first-order chi connectivity index (χ1) is 29.1. The Hall–Kier alpha value is -7.53. The van der Waals surface area contributed by atoms with Crippen molar-refractivity contribution >= 4 is 91.5 Å². The van der Waals surface area contributed by atoms with Crippen LogP contribution in [0.25, 0.3) is 125 Å². The molecule has 0 N–H and O–H groups in total. The van der Waals surface area contributed by atoms with Gasteiger partial charge < -0.3 is 8.82 Å². The van der Waals surface area contributed by atoms with Crippen molar-refractivity contribution in [3.63, 3.8) is 0 Å². The van der Waals surface area contributed by atoms with Crippen LogP contribution in [0, 0.1) is 0 Å². The molecule has 13 rings (SSSR count). The predicted molar refractivity (Wildman–Crippen MR) is 249 cm³/mol. The summed E-state index contributed by atoms with van der Waals surface area (Å²) in [6.07, 6.45) is 0. The summed E-state index contributed by atoms with van der Waals surface area (Å²) in [5.41, 5.74) is 14.3. The van der Waals surface area contributed by atoms with E-state index in [1.807, 2.05) is 53.8 Å². The Morgan fingerprint density at radius 3 is 1.41 bits per heavy atom. The molecule has 13 aromatic rings. The van der Waals surface area contributed by atoms with Crippen molar-refractivity contribution in [2.45, 2.75) is 0 Å². The van der Waals surface area contributed by atoms with E-state index in [2.05, 4.69) is 150 Å². The molecule has 3 nitrogen and oxygen atoms in total. The molecule has 0 saturated carbocycles. The van der Waals surface area contributed by atoms with Crippen LogP contribution in [0.15, 0.2) is 197 Å². The molecule has 0 aliphatic carbocycles. The Labute approximate surface area is 341 Å². The number of thiophene rings is 1. The number of benzene rings is 9. The molecule has 0 aliphatic rings. The van der Waals surface area contributed by atoms with Crippen molar-refractivity contribution in [1.29, 1.82) is 0 Å². The number of aromatic nitrogens is 1. The van der Waals surface area contributed by atoms with Gasteiger partial charge in [-0.15, -0.1) is 11.3 Å². The van der Waals surface area contributed by atoms with Gasteiger partial charge in [-0.05, 0) is 93.0 Å². The molecule has 4 heterocycles. The average Bonchev–Trinajstić information content (AvgIpc) is 3.95. The van der Waals surface area contributed by atoms with Crippen LogP contribution >= 0.6 is 11.3 Å². The number of para-hydroxylation sites is 3. The largest absolute Gasteiger partial charge is 0.456 e. The lowest BCUT2D eigenvalue weighted by Gasteiger charge is -2.07. The van der Waals surface area contributed by atoms with Crippen LogP contribution < -0.4 is 5.43 Å². The zero-order chi connectivity index (χ0) is 38.8. The van der Waals surface area contributed by atoms with Gasteiger partial charge in [0.1, 0.15) is 11.2 Å². The second-order valence-electron chi connectivity index (χ2n) is 15.6. The van der Waals surface area contributed by atoms with E-state index in [1.165, 1.54) is 86.1 Å². The van der Waals surface area contributed by atoms with Gasteiger partial charge in [-0.25, -0.2) is 0 Å². The van der Waals surface area contributed by atoms with Gasteiger partial charge in [0.2, 0.25) is 5.43 Å². The molecule has 4 heteroatoms. The molecule has 0 saturated heterocycles. The lowest BCUT2D eigenvalue weighted by Crippen LogP contribution is -2.01. The predicted octanol–water partition coefficient (Wildman–Crippen LogP) is 15.1. The lowest BCUT2D eigenvalue weighted by molar-refractivity contribution is 0.660. The molecule has 0 aliphatic heterocycles.